The second-order valence-corrected chi connectivity index (χ2v) is 6.14. The van der Waals surface area contributed by atoms with Crippen LogP contribution in [0.25, 0.3) is 6.08 Å². The number of hydrogen-bond donors (Lipinski definition) is 2. The molecule has 3 rings (SSSR count). The van der Waals surface area contributed by atoms with Gasteiger partial charge in [0.1, 0.15) is 18.5 Å². The van der Waals surface area contributed by atoms with Crippen molar-refractivity contribution < 1.29 is 9.84 Å². The lowest BCUT2D eigenvalue weighted by molar-refractivity contribution is 0.102. The summed E-state index contributed by atoms with van der Waals surface area (Å²) in [4.78, 5) is 0. The van der Waals surface area contributed by atoms with E-state index in [1.54, 1.807) is 0 Å². The fraction of sp³-hybridized carbons (Fsp3) is 0.556. The Kier molecular flexibility index (Phi) is 4.94. The predicted molar refractivity (Wildman–Crippen MR) is 85.6 cm³/mol. The summed E-state index contributed by atoms with van der Waals surface area (Å²) in [5, 5.41) is 13.6. The fourth-order valence-electron chi connectivity index (χ4n) is 3.24. The zero-order chi connectivity index (χ0) is 14.5. The second kappa shape index (κ2) is 7.10. The van der Waals surface area contributed by atoms with Gasteiger partial charge in [0.25, 0.3) is 0 Å². The van der Waals surface area contributed by atoms with Crippen LogP contribution >= 0.6 is 0 Å². The highest BCUT2D eigenvalue weighted by Crippen LogP contribution is 2.28. The van der Waals surface area contributed by atoms with E-state index in [0.29, 0.717) is 19.2 Å². The summed E-state index contributed by atoms with van der Waals surface area (Å²) in [5.41, 5.74) is 2.48. The van der Waals surface area contributed by atoms with Crippen LogP contribution in [0.5, 0.6) is 5.75 Å². The molecule has 114 valence electrons. The molecule has 0 aliphatic heterocycles. The summed E-state index contributed by atoms with van der Waals surface area (Å²) in [7, 11) is 0. The molecule has 0 spiro atoms. The number of ether oxygens (including phenoxy) is 1. The monoisotopic (exact) mass is 287 g/mol. The first-order chi connectivity index (χ1) is 10.3. The minimum Gasteiger partial charge on any atom is -0.490 e. The predicted octanol–water partition coefficient (Wildman–Crippen LogP) is 2.92. The first-order valence-corrected chi connectivity index (χ1v) is 8.15. The number of aliphatic hydroxyl groups is 1. The van der Waals surface area contributed by atoms with Crippen molar-refractivity contribution in [1.82, 2.24) is 5.32 Å². The van der Waals surface area contributed by atoms with E-state index in [1.165, 1.54) is 43.2 Å². The van der Waals surface area contributed by atoms with E-state index >= 15 is 0 Å². The summed E-state index contributed by atoms with van der Waals surface area (Å²) in [5.74, 6) is 0.887. The van der Waals surface area contributed by atoms with Crippen molar-refractivity contribution >= 4 is 6.08 Å². The van der Waals surface area contributed by atoms with Crippen LogP contribution < -0.4 is 10.1 Å². The van der Waals surface area contributed by atoms with E-state index in [9.17, 15) is 5.11 Å². The SMILES string of the molecule is OC(CNC1CCCCC1)COc1cccc2c1C=CC2. The topological polar surface area (TPSA) is 41.5 Å². The molecule has 0 aromatic heterocycles. The Morgan fingerprint density at radius 3 is 2.95 bits per heavy atom. The Morgan fingerprint density at radius 1 is 1.24 bits per heavy atom. The zero-order valence-electron chi connectivity index (χ0n) is 12.6. The molecule has 3 heteroatoms. The molecule has 1 unspecified atom stereocenters. The molecule has 0 bridgehead atoms. The lowest BCUT2D eigenvalue weighted by atomic mass is 9.95. The number of benzene rings is 1. The van der Waals surface area contributed by atoms with Crippen LogP contribution in [0, 0.1) is 0 Å². The number of hydrogen-bond acceptors (Lipinski definition) is 3. The maximum atomic E-state index is 10.1. The van der Waals surface area contributed by atoms with Crippen LogP contribution in [0.3, 0.4) is 0 Å². The average Bonchev–Trinajstić information content (AvgIpc) is 3.01. The van der Waals surface area contributed by atoms with Gasteiger partial charge in [-0.15, -0.1) is 0 Å². The second-order valence-electron chi connectivity index (χ2n) is 6.14. The molecule has 1 atom stereocenters. The van der Waals surface area contributed by atoms with Crippen molar-refractivity contribution in [2.75, 3.05) is 13.2 Å². The molecular weight excluding hydrogens is 262 g/mol. The Hall–Kier alpha value is -1.32. The van der Waals surface area contributed by atoms with Gasteiger partial charge >= 0.3 is 0 Å². The van der Waals surface area contributed by atoms with Gasteiger partial charge in [0.2, 0.25) is 0 Å². The molecule has 1 aromatic carbocycles. The fourth-order valence-corrected chi connectivity index (χ4v) is 3.24. The van der Waals surface area contributed by atoms with Gasteiger partial charge in [-0.1, -0.05) is 43.5 Å². The molecule has 0 radical (unpaired) electrons. The third kappa shape index (κ3) is 3.86. The Labute approximate surface area is 127 Å². The van der Waals surface area contributed by atoms with E-state index in [0.717, 1.165) is 12.2 Å². The van der Waals surface area contributed by atoms with Crippen molar-refractivity contribution in [2.45, 2.75) is 50.7 Å². The maximum absolute atomic E-state index is 10.1. The van der Waals surface area contributed by atoms with Gasteiger partial charge in [-0.05, 0) is 30.9 Å². The Bertz CT molecular complexity index is 492. The molecule has 0 amide bonds. The number of aliphatic hydroxyl groups excluding tert-OH is 1. The molecule has 2 N–H and O–H groups in total. The van der Waals surface area contributed by atoms with Gasteiger partial charge < -0.3 is 15.2 Å². The first kappa shape index (κ1) is 14.6. The molecule has 1 saturated carbocycles. The lowest BCUT2D eigenvalue weighted by Crippen LogP contribution is -2.39. The highest BCUT2D eigenvalue weighted by Gasteiger charge is 2.15. The van der Waals surface area contributed by atoms with Gasteiger partial charge in [0, 0.05) is 18.2 Å². The molecule has 0 saturated heterocycles. The van der Waals surface area contributed by atoms with E-state index in [2.05, 4.69) is 23.5 Å². The summed E-state index contributed by atoms with van der Waals surface area (Å²) < 4.78 is 5.81. The maximum Gasteiger partial charge on any atom is 0.126 e. The van der Waals surface area contributed by atoms with Crippen molar-refractivity contribution in [3.05, 3.63) is 35.4 Å². The number of rotatable bonds is 6. The normalized spacial score (nSPS) is 19.5. The molecular formula is C18H25NO2. The van der Waals surface area contributed by atoms with Crippen LogP contribution in [0.4, 0.5) is 0 Å². The highest BCUT2D eigenvalue weighted by atomic mass is 16.5. The lowest BCUT2D eigenvalue weighted by Gasteiger charge is -2.24. The van der Waals surface area contributed by atoms with Crippen LogP contribution in [0.1, 0.15) is 43.2 Å². The van der Waals surface area contributed by atoms with Crippen LogP contribution in [-0.2, 0) is 6.42 Å². The van der Waals surface area contributed by atoms with Crippen molar-refractivity contribution in [1.29, 1.82) is 0 Å². The molecule has 1 fully saturated rings. The minimum absolute atomic E-state index is 0.351. The highest BCUT2D eigenvalue weighted by molar-refractivity contribution is 5.66. The third-order valence-electron chi connectivity index (χ3n) is 4.46. The third-order valence-corrected chi connectivity index (χ3v) is 4.46. The van der Waals surface area contributed by atoms with E-state index < -0.39 is 6.10 Å². The van der Waals surface area contributed by atoms with E-state index in [4.69, 9.17) is 4.74 Å². The molecule has 3 nitrogen and oxygen atoms in total. The average molecular weight is 287 g/mol. The van der Waals surface area contributed by atoms with Gasteiger partial charge in [0.05, 0.1) is 0 Å². The summed E-state index contributed by atoms with van der Waals surface area (Å²) in [6, 6.07) is 6.71. The van der Waals surface area contributed by atoms with Gasteiger partial charge in [-0.2, -0.15) is 0 Å². The van der Waals surface area contributed by atoms with Crippen LogP contribution in [0.15, 0.2) is 24.3 Å². The van der Waals surface area contributed by atoms with Gasteiger partial charge in [-0.25, -0.2) is 0 Å². The summed E-state index contributed by atoms with van der Waals surface area (Å²) >= 11 is 0. The molecule has 0 heterocycles. The van der Waals surface area contributed by atoms with E-state index in [1.807, 2.05) is 12.1 Å². The van der Waals surface area contributed by atoms with Crippen molar-refractivity contribution in [3.63, 3.8) is 0 Å². The smallest absolute Gasteiger partial charge is 0.126 e. The molecule has 1 aromatic rings. The Balaban J connectivity index is 1.44. The molecule has 2 aliphatic rings. The van der Waals surface area contributed by atoms with Gasteiger partial charge in [0.15, 0.2) is 0 Å². The van der Waals surface area contributed by atoms with Gasteiger partial charge in [-0.3, -0.25) is 0 Å². The number of allylic oxidation sites excluding steroid dienone is 1. The summed E-state index contributed by atoms with van der Waals surface area (Å²) in [6.07, 6.45) is 11.3. The van der Waals surface area contributed by atoms with Crippen LogP contribution in [0.2, 0.25) is 0 Å². The quantitative estimate of drug-likeness (QED) is 0.845. The zero-order valence-corrected chi connectivity index (χ0v) is 12.6. The van der Waals surface area contributed by atoms with Crippen molar-refractivity contribution in [2.24, 2.45) is 0 Å². The number of fused-ring (bicyclic) bond motifs is 1. The minimum atomic E-state index is -0.451. The van der Waals surface area contributed by atoms with Crippen LogP contribution in [-0.4, -0.2) is 30.4 Å². The van der Waals surface area contributed by atoms with Crippen molar-refractivity contribution in [3.8, 4) is 5.75 Å². The standard InChI is InChI=1S/C18H25NO2/c20-16(12-19-15-8-2-1-3-9-15)13-21-18-11-5-7-14-6-4-10-17(14)18/h4-5,7,10-11,15-16,19-20H,1-3,6,8-9,12-13H2. The number of nitrogens with one attached hydrogen (secondary N) is 1. The van der Waals surface area contributed by atoms with E-state index in [-0.39, 0.29) is 0 Å². The Morgan fingerprint density at radius 2 is 2.10 bits per heavy atom. The summed E-state index contributed by atoms with van der Waals surface area (Å²) in [6.45, 7) is 0.972. The molecule has 2 aliphatic carbocycles. The largest absolute Gasteiger partial charge is 0.490 e. The molecule has 21 heavy (non-hydrogen) atoms. The first-order valence-electron chi connectivity index (χ1n) is 8.15.